The number of hydrogen-bond donors (Lipinski definition) is 1. The zero-order valence-corrected chi connectivity index (χ0v) is 11.2. The number of piperazine rings is 1. The fraction of sp³-hybridized carbons (Fsp3) is 0.385. The van der Waals surface area contributed by atoms with Gasteiger partial charge in [-0.25, -0.2) is 0 Å². The van der Waals surface area contributed by atoms with E-state index in [1.165, 1.54) is 11.0 Å². The summed E-state index contributed by atoms with van der Waals surface area (Å²) in [6.45, 7) is 4.32. The lowest BCUT2D eigenvalue weighted by molar-refractivity contribution is 0.0709. The molecular weight excluding hydrogens is 256 g/mol. The number of para-hydroxylation sites is 1. The van der Waals surface area contributed by atoms with Gasteiger partial charge in [-0.3, -0.25) is 4.79 Å². The van der Waals surface area contributed by atoms with E-state index < -0.39 is 0 Å². The maximum absolute atomic E-state index is 12.7. The largest absolute Gasteiger partial charge is 0.336 e. The number of amides is 1. The number of carbonyl (C=O) groups is 1. The Morgan fingerprint density at radius 1 is 1.40 bits per heavy atom. The standard InChI is InChI=1S/C13H16N6O/c1-10-8-18(7-6-14-10)13(20)11-4-2-3-5-12(11)19-9-15-16-17-19/h2-5,9-10,14H,6-8H2,1H3. The molecule has 1 unspecified atom stereocenters. The lowest BCUT2D eigenvalue weighted by Gasteiger charge is -2.32. The number of carbonyl (C=O) groups excluding carboxylic acids is 1. The highest BCUT2D eigenvalue weighted by atomic mass is 16.2. The molecule has 3 rings (SSSR count). The first-order chi connectivity index (χ1) is 9.75. The molecule has 1 aliphatic heterocycles. The second-order valence-corrected chi connectivity index (χ2v) is 4.88. The molecule has 2 aromatic rings. The van der Waals surface area contributed by atoms with Crippen LogP contribution in [0.1, 0.15) is 17.3 Å². The maximum Gasteiger partial charge on any atom is 0.256 e. The minimum atomic E-state index is 0.0180. The van der Waals surface area contributed by atoms with Crippen LogP contribution in [0, 0.1) is 0 Å². The molecule has 0 saturated carbocycles. The second-order valence-electron chi connectivity index (χ2n) is 4.88. The van der Waals surface area contributed by atoms with Crippen LogP contribution in [0.4, 0.5) is 0 Å². The monoisotopic (exact) mass is 272 g/mol. The van der Waals surface area contributed by atoms with Crippen LogP contribution in [-0.4, -0.2) is 56.7 Å². The number of benzene rings is 1. The zero-order valence-electron chi connectivity index (χ0n) is 11.2. The van der Waals surface area contributed by atoms with Crippen molar-refractivity contribution in [3.8, 4) is 5.69 Å². The van der Waals surface area contributed by atoms with Gasteiger partial charge in [-0.1, -0.05) is 12.1 Å². The van der Waals surface area contributed by atoms with Gasteiger partial charge in [-0.15, -0.1) is 5.10 Å². The number of rotatable bonds is 2. The van der Waals surface area contributed by atoms with Crippen molar-refractivity contribution in [3.63, 3.8) is 0 Å². The highest BCUT2D eigenvalue weighted by Gasteiger charge is 2.23. The Bertz CT molecular complexity index is 597. The fourth-order valence-electron chi connectivity index (χ4n) is 2.41. The van der Waals surface area contributed by atoms with E-state index in [0.717, 1.165) is 6.54 Å². The van der Waals surface area contributed by atoms with Crippen molar-refractivity contribution in [2.75, 3.05) is 19.6 Å². The van der Waals surface area contributed by atoms with E-state index in [0.29, 0.717) is 30.4 Å². The second kappa shape index (κ2) is 5.38. The molecule has 2 heterocycles. The summed E-state index contributed by atoms with van der Waals surface area (Å²) in [7, 11) is 0. The average Bonchev–Trinajstić information content (AvgIpc) is 3.00. The molecule has 0 radical (unpaired) electrons. The van der Waals surface area contributed by atoms with E-state index in [1.54, 1.807) is 0 Å². The first-order valence-corrected chi connectivity index (χ1v) is 6.61. The SMILES string of the molecule is CC1CN(C(=O)c2ccccc2-n2cnnn2)CCN1. The first kappa shape index (κ1) is 12.7. The fourth-order valence-corrected chi connectivity index (χ4v) is 2.41. The van der Waals surface area contributed by atoms with E-state index in [1.807, 2.05) is 29.2 Å². The Hall–Kier alpha value is -2.28. The van der Waals surface area contributed by atoms with E-state index in [4.69, 9.17) is 0 Å². The van der Waals surface area contributed by atoms with Gasteiger partial charge in [-0.05, 0) is 29.5 Å². The predicted molar refractivity (Wildman–Crippen MR) is 72.5 cm³/mol. The van der Waals surface area contributed by atoms with Crippen LogP contribution >= 0.6 is 0 Å². The molecule has 0 bridgehead atoms. The smallest absolute Gasteiger partial charge is 0.256 e. The maximum atomic E-state index is 12.7. The number of aromatic nitrogens is 4. The predicted octanol–water partition coefficient (Wildman–Crippen LogP) is 0.0962. The van der Waals surface area contributed by atoms with Crippen LogP contribution in [-0.2, 0) is 0 Å². The van der Waals surface area contributed by atoms with Crippen molar-refractivity contribution >= 4 is 5.91 Å². The van der Waals surface area contributed by atoms with Crippen molar-refractivity contribution < 1.29 is 4.79 Å². The van der Waals surface area contributed by atoms with Gasteiger partial charge in [0, 0.05) is 25.7 Å². The molecule has 0 aliphatic carbocycles. The Morgan fingerprint density at radius 2 is 2.25 bits per heavy atom. The van der Waals surface area contributed by atoms with Gasteiger partial charge >= 0.3 is 0 Å². The van der Waals surface area contributed by atoms with Crippen LogP contribution in [0.15, 0.2) is 30.6 Å². The van der Waals surface area contributed by atoms with Gasteiger partial charge in [0.25, 0.3) is 5.91 Å². The number of nitrogens with zero attached hydrogens (tertiary/aromatic N) is 5. The molecule has 1 aromatic heterocycles. The molecule has 1 aromatic carbocycles. The molecule has 7 heteroatoms. The van der Waals surface area contributed by atoms with Crippen LogP contribution in [0.5, 0.6) is 0 Å². The molecule has 1 saturated heterocycles. The molecule has 20 heavy (non-hydrogen) atoms. The Morgan fingerprint density at radius 3 is 3.00 bits per heavy atom. The molecular formula is C13H16N6O. The van der Waals surface area contributed by atoms with E-state index in [9.17, 15) is 4.79 Å². The number of tetrazole rings is 1. The van der Waals surface area contributed by atoms with Crippen molar-refractivity contribution in [1.82, 2.24) is 30.4 Å². The summed E-state index contributed by atoms with van der Waals surface area (Å²) in [6, 6.07) is 7.69. The van der Waals surface area contributed by atoms with Gasteiger partial charge in [0.15, 0.2) is 0 Å². The molecule has 0 spiro atoms. The third kappa shape index (κ3) is 2.39. The Kier molecular flexibility index (Phi) is 3.42. The van der Waals surface area contributed by atoms with Gasteiger partial charge < -0.3 is 10.2 Å². The molecule has 1 atom stereocenters. The zero-order chi connectivity index (χ0) is 13.9. The van der Waals surface area contributed by atoms with Crippen molar-refractivity contribution in [2.45, 2.75) is 13.0 Å². The summed E-state index contributed by atoms with van der Waals surface area (Å²) < 4.78 is 1.51. The summed E-state index contributed by atoms with van der Waals surface area (Å²) in [5.74, 6) is 0.0180. The molecule has 7 nitrogen and oxygen atoms in total. The average molecular weight is 272 g/mol. The van der Waals surface area contributed by atoms with Gasteiger partial charge in [0.2, 0.25) is 0 Å². The van der Waals surface area contributed by atoms with Crippen LogP contribution in [0.2, 0.25) is 0 Å². The lowest BCUT2D eigenvalue weighted by Crippen LogP contribution is -2.51. The molecule has 104 valence electrons. The van der Waals surface area contributed by atoms with Crippen molar-refractivity contribution in [1.29, 1.82) is 0 Å². The van der Waals surface area contributed by atoms with Gasteiger partial charge in [-0.2, -0.15) is 4.68 Å². The van der Waals surface area contributed by atoms with E-state index >= 15 is 0 Å². The van der Waals surface area contributed by atoms with Crippen LogP contribution < -0.4 is 5.32 Å². The normalized spacial score (nSPS) is 19.1. The highest BCUT2D eigenvalue weighted by molar-refractivity contribution is 5.97. The molecule has 1 amide bonds. The highest BCUT2D eigenvalue weighted by Crippen LogP contribution is 2.16. The van der Waals surface area contributed by atoms with Gasteiger partial charge in [0.05, 0.1) is 11.3 Å². The van der Waals surface area contributed by atoms with Crippen molar-refractivity contribution in [3.05, 3.63) is 36.2 Å². The summed E-state index contributed by atoms with van der Waals surface area (Å²) >= 11 is 0. The molecule has 1 N–H and O–H groups in total. The quantitative estimate of drug-likeness (QED) is 0.839. The molecule has 1 aliphatic rings. The summed E-state index contributed by atoms with van der Waals surface area (Å²) in [5.41, 5.74) is 1.32. The molecule has 1 fully saturated rings. The van der Waals surface area contributed by atoms with Crippen LogP contribution in [0.3, 0.4) is 0 Å². The van der Waals surface area contributed by atoms with E-state index in [2.05, 4.69) is 27.8 Å². The topological polar surface area (TPSA) is 75.9 Å². The Labute approximate surface area is 116 Å². The summed E-state index contributed by atoms with van der Waals surface area (Å²) in [4.78, 5) is 14.5. The third-order valence-electron chi connectivity index (χ3n) is 3.39. The summed E-state index contributed by atoms with van der Waals surface area (Å²) in [6.07, 6.45) is 1.49. The van der Waals surface area contributed by atoms with Crippen molar-refractivity contribution in [2.24, 2.45) is 0 Å². The number of hydrogen-bond acceptors (Lipinski definition) is 5. The lowest BCUT2D eigenvalue weighted by atomic mass is 10.1. The summed E-state index contributed by atoms with van der Waals surface area (Å²) in [5, 5.41) is 14.4. The number of nitrogens with one attached hydrogen (secondary N) is 1. The Balaban J connectivity index is 1.92. The third-order valence-corrected chi connectivity index (χ3v) is 3.39. The minimum Gasteiger partial charge on any atom is -0.336 e. The van der Waals surface area contributed by atoms with Gasteiger partial charge in [0.1, 0.15) is 6.33 Å². The minimum absolute atomic E-state index is 0.0180. The van der Waals surface area contributed by atoms with E-state index in [-0.39, 0.29) is 5.91 Å². The van der Waals surface area contributed by atoms with Crippen LogP contribution in [0.25, 0.3) is 5.69 Å². The first-order valence-electron chi connectivity index (χ1n) is 6.61.